The Kier molecular flexibility index (Phi) is 7.60. The van der Waals surface area contributed by atoms with Crippen LogP contribution in [-0.4, -0.2) is 23.4 Å². The Balaban J connectivity index is 2.39. The summed E-state index contributed by atoms with van der Waals surface area (Å²) in [6, 6.07) is 6.18. The predicted octanol–water partition coefficient (Wildman–Crippen LogP) is 3.18. The lowest BCUT2D eigenvalue weighted by Gasteiger charge is -2.08. The average molecular weight is 282 g/mol. The van der Waals surface area contributed by atoms with Crippen LogP contribution in [0.5, 0.6) is 0 Å². The summed E-state index contributed by atoms with van der Waals surface area (Å²) >= 11 is 1.71. The first-order valence-corrected chi connectivity index (χ1v) is 7.70. The van der Waals surface area contributed by atoms with Gasteiger partial charge >= 0.3 is 5.97 Å². The van der Waals surface area contributed by atoms with Crippen molar-refractivity contribution in [2.45, 2.75) is 44.6 Å². The van der Waals surface area contributed by atoms with E-state index in [1.807, 2.05) is 13.0 Å². The highest BCUT2D eigenvalue weighted by molar-refractivity contribution is 7.99. The van der Waals surface area contributed by atoms with Gasteiger partial charge in [-0.1, -0.05) is 13.0 Å². The molecule has 0 saturated carbocycles. The van der Waals surface area contributed by atoms with E-state index in [0.29, 0.717) is 13.0 Å². The summed E-state index contributed by atoms with van der Waals surface area (Å²) in [5.41, 5.74) is 2.19. The minimum absolute atomic E-state index is 0.0837. The van der Waals surface area contributed by atoms with Crippen molar-refractivity contribution in [2.24, 2.45) is 0 Å². The number of aliphatic hydroxyl groups is 1. The Labute approximate surface area is 119 Å². The summed E-state index contributed by atoms with van der Waals surface area (Å²) in [4.78, 5) is 12.3. The van der Waals surface area contributed by atoms with Crippen molar-refractivity contribution in [1.29, 1.82) is 0 Å². The molecule has 0 radical (unpaired) electrons. The second kappa shape index (κ2) is 8.99. The molecule has 0 aliphatic carbocycles. The van der Waals surface area contributed by atoms with Gasteiger partial charge < -0.3 is 9.84 Å². The first-order chi connectivity index (χ1) is 9.21. The molecule has 106 valence electrons. The molecule has 0 amide bonds. The van der Waals surface area contributed by atoms with Crippen LogP contribution >= 0.6 is 11.8 Å². The largest absolute Gasteiger partial charge is 0.466 e. The summed E-state index contributed by atoms with van der Waals surface area (Å²) in [6.07, 6.45) is 2.22. The van der Waals surface area contributed by atoms with Gasteiger partial charge in [-0.3, -0.25) is 4.79 Å². The van der Waals surface area contributed by atoms with Gasteiger partial charge in [0.05, 0.1) is 13.2 Å². The third-order valence-electron chi connectivity index (χ3n) is 2.83. The highest BCUT2D eigenvalue weighted by Crippen LogP contribution is 2.23. The third kappa shape index (κ3) is 5.66. The van der Waals surface area contributed by atoms with E-state index in [1.165, 1.54) is 5.56 Å². The third-order valence-corrected chi connectivity index (χ3v) is 3.91. The van der Waals surface area contributed by atoms with Crippen LogP contribution in [0.25, 0.3) is 0 Å². The van der Waals surface area contributed by atoms with Crippen molar-refractivity contribution in [3.63, 3.8) is 0 Å². The van der Waals surface area contributed by atoms with E-state index in [4.69, 9.17) is 4.74 Å². The number of ether oxygens (including phenoxy) is 1. The topological polar surface area (TPSA) is 46.5 Å². The van der Waals surface area contributed by atoms with Gasteiger partial charge in [0.1, 0.15) is 0 Å². The van der Waals surface area contributed by atoms with Gasteiger partial charge in [0, 0.05) is 11.3 Å². The molecule has 0 saturated heterocycles. The minimum Gasteiger partial charge on any atom is -0.466 e. The van der Waals surface area contributed by atoms with Crippen molar-refractivity contribution >= 4 is 17.7 Å². The second-order valence-electron chi connectivity index (χ2n) is 4.20. The van der Waals surface area contributed by atoms with Crippen LogP contribution < -0.4 is 0 Å². The Morgan fingerprint density at radius 2 is 2.11 bits per heavy atom. The van der Waals surface area contributed by atoms with E-state index in [9.17, 15) is 9.90 Å². The molecule has 1 N–H and O–H groups in total. The number of hydrogen-bond acceptors (Lipinski definition) is 4. The number of aliphatic hydroxyl groups excluding tert-OH is 1. The van der Waals surface area contributed by atoms with Crippen molar-refractivity contribution < 1.29 is 14.6 Å². The van der Waals surface area contributed by atoms with E-state index in [2.05, 4.69) is 19.1 Å². The zero-order chi connectivity index (χ0) is 14.1. The normalized spacial score (nSPS) is 10.5. The van der Waals surface area contributed by atoms with E-state index in [-0.39, 0.29) is 12.6 Å². The number of thioether (sulfide) groups is 1. The Morgan fingerprint density at radius 1 is 1.32 bits per heavy atom. The van der Waals surface area contributed by atoms with E-state index < -0.39 is 0 Å². The van der Waals surface area contributed by atoms with Crippen molar-refractivity contribution in [2.75, 3.05) is 12.4 Å². The molecule has 0 aliphatic rings. The SMILES string of the molecule is CCOC(=O)CCCSc1ccc(CC)c(CO)c1. The Hall–Kier alpha value is -1.00. The molecule has 3 nitrogen and oxygen atoms in total. The van der Waals surface area contributed by atoms with Crippen LogP contribution in [0, 0.1) is 0 Å². The molecule has 0 spiro atoms. The van der Waals surface area contributed by atoms with E-state index in [1.54, 1.807) is 11.8 Å². The number of carbonyl (C=O) groups excluding carboxylic acids is 1. The van der Waals surface area contributed by atoms with Crippen LogP contribution in [0.3, 0.4) is 0 Å². The van der Waals surface area contributed by atoms with Crippen LogP contribution in [0.4, 0.5) is 0 Å². The second-order valence-corrected chi connectivity index (χ2v) is 5.37. The number of hydrogen-bond donors (Lipinski definition) is 1. The zero-order valence-electron chi connectivity index (χ0n) is 11.6. The smallest absolute Gasteiger partial charge is 0.305 e. The molecule has 4 heteroatoms. The minimum atomic E-state index is -0.125. The number of carbonyl (C=O) groups is 1. The molecule has 0 aromatic heterocycles. The highest BCUT2D eigenvalue weighted by atomic mass is 32.2. The molecule has 0 heterocycles. The lowest BCUT2D eigenvalue weighted by molar-refractivity contribution is -0.143. The maximum Gasteiger partial charge on any atom is 0.305 e. The van der Waals surface area contributed by atoms with Gasteiger partial charge in [0.2, 0.25) is 0 Å². The van der Waals surface area contributed by atoms with Gasteiger partial charge in [-0.2, -0.15) is 0 Å². The van der Waals surface area contributed by atoms with Gasteiger partial charge in [-0.05, 0) is 48.8 Å². The lowest BCUT2D eigenvalue weighted by Crippen LogP contribution is -2.03. The molecule has 0 bridgehead atoms. The Bertz CT molecular complexity index is 404. The fraction of sp³-hybridized carbons (Fsp3) is 0.533. The summed E-state index contributed by atoms with van der Waals surface area (Å²) < 4.78 is 4.88. The molecule has 0 aliphatic heterocycles. The molecule has 19 heavy (non-hydrogen) atoms. The molecule has 0 fully saturated rings. The summed E-state index contributed by atoms with van der Waals surface area (Å²) in [5, 5.41) is 9.31. The van der Waals surface area contributed by atoms with Gasteiger partial charge in [-0.25, -0.2) is 0 Å². The molecule has 1 aromatic rings. The van der Waals surface area contributed by atoms with Gasteiger partial charge in [0.25, 0.3) is 0 Å². The molecular formula is C15H22O3S. The lowest BCUT2D eigenvalue weighted by atomic mass is 10.1. The van der Waals surface area contributed by atoms with Gasteiger partial charge in [0.15, 0.2) is 0 Å². The van der Waals surface area contributed by atoms with Gasteiger partial charge in [-0.15, -0.1) is 11.8 Å². The monoisotopic (exact) mass is 282 g/mol. The zero-order valence-corrected chi connectivity index (χ0v) is 12.5. The predicted molar refractivity (Wildman–Crippen MR) is 78.3 cm³/mol. The van der Waals surface area contributed by atoms with Crippen LogP contribution in [0.1, 0.15) is 37.8 Å². The maximum atomic E-state index is 11.2. The molecule has 1 aromatic carbocycles. The van der Waals surface area contributed by atoms with Crippen LogP contribution in [0.15, 0.2) is 23.1 Å². The fourth-order valence-corrected chi connectivity index (χ4v) is 2.74. The van der Waals surface area contributed by atoms with Crippen molar-refractivity contribution in [3.05, 3.63) is 29.3 Å². The van der Waals surface area contributed by atoms with E-state index in [0.717, 1.165) is 29.1 Å². The quantitative estimate of drug-likeness (QED) is 0.452. The first-order valence-electron chi connectivity index (χ1n) is 6.72. The first kappa shape index (κ1) is 16.1. The van der Waals surface area contributed by atoms with Crippen molar-refractivity contribution in [1.82, 2.24) is 0 Å². The number of rotatable bonds is 8. The van der Waals surface area contributed by atoms with Crippen LogP contribution in [0.2, 0.25) is 0 Å². The van der Waals surface area contributed by atoms with E-state index >= 15 is 0 Å². The Morgan fingerprint density at radius 3 is 2.74 bits per heavy atom. The number of aryl methyl sites for hydroxylation is 1. The number of esters is 1. The summed E-state index contributed by atoms with van der Waals surface area (Å²) in [6.45, 7) is 4.43. The molecule has 1 rings (SSSR count). The summed E-state index contributed by atoms with van der Waals surface area (Å²) in [5.74, 6) is 0.760. The van der Waals surface area contributed by atoms with Crippen LogP contribution in [-0.2, 0) is 22.6 Å². The molecule has 0 atom stereocenters. The highest BCUT2D eigenvalue weighted by Gasteiger charge is 2.04. The molecular weight excluding hydrogens is 260 g/mol. The number of benzene rings is 1. The van der Waals surface area contributed by atoms with Crippen molar-refractivity contribution in [3.8, 4) is 0 Å². The molecule has 0 unspecified atom stereocenters. The fourth-order valence-electron chi connectivity index (χ4n) is 1.82. The standard InChI is InChI=1S/C15H22O3S/c1-3-12-7-8-14(10-13(12)11-16)19-9-5-6-15(17)18-4-2/h7-8,10,16H,3-6,9,11H2,1-2H3. The maximum absolute atomic E-state index is 11.2. The summed E-state index contributed by atoms with van der Waals surface area (Å²) in [7, 11) is 0. The average Bonchev–Trinajstić information content (AvgIpc) is 2.43.